The fraction of sp³-hybridized carbons (Fsp3) is 0. The minimum absolute atomic E-state index is 0.614. The van der Waals surface area contributed by atoms with E-state index in [1.807, 2.05) is 60.7 Å². The fourth-order valence-electron chi connectivity index (χ4n) is 3.29. The molecule has 0 bridgehead atoms. The summed E-state index contributed by atoms with van der Waals surface area (Å²) in [6.45, 7) is 0. The zero-order valence-electron chi connectivity index (χ0n) is 16.0. The minimum atomic E-state index is 0.614. The van der Waals surface area contributed by atoms with E-state index in [1.165, 1.54) is 0 Å². The zero-order chi connectivity index (χ0) is 20.9. The second-order valence-electron chi connectivity index (χ2n) is 6.71. The molecule has 0 saturated heterocycles. The van der Waals surface area contributed by atoms with Crippen molar-refractivity contribution >= 4 is 33.0 Å². The molecule has 0 aliphatic rings. The molecule has 0 aliphatic heterocycles. The van der Waals surface area contributed by atoms with Crippen LogP contribution in [0.5, 0.6) is 0 Å². The summed E-state index contributed by atoms with van der Waals surface area (Å²) in [5.41, 5.74) is 6.36. The van der Waals surface area contributed by atoms with Crippen LogP contribution in [0.4, 0.5) is 17.1 Å². The van der Waals surface area contributed by atoms with Crippen LogP contribution >= 0.6 is 15.9 Å². The van der Waals surface area contributed by atoms with Crippen LogP contribution in [-0.4, -0.2) is 0 Å². The summed E-state index contributed by atoms with van der Waals surface area (Å²) in [5, 5.41) is 18.2. The Morgan fingerprint density at radius 2 is 1.03 bits per heavy atom. The molecule has 0 aliphatic carbocycles. The largest absolute Gasteiger partial charge is 0.311 e. The molecular formula is C26H16BrN3. The lowest BCUT2D eigenvalue weighted by atomic mass is 10.0. The maximum Gasteiger partial charge on any atom is 0.0991 e. The molecule has 0 radical (unpaired) electrons. The molecule has 0 atom stereocenters. The molecule has 0 aromatic heterocycles. The standard InChI is InChI=1S/C26H16BrN3/c27-23-3-1-2-22(16-23)21-8-14-26(15-9-21)30(24-10-4-19(17-28)5-11-24)25-12-6-20(18-29)7-13-25/h1-16H. The summed E-state index contributed by atoms with van der Waals surface area (Å²) in [6, 6.07) is 35.8. The van der Waals surface area contributed by atoms with Gasteiger partial charge in [0.25, 0.3) is 0 Å². The van der Waals surface area contributed by atoms with Crippen LogP contribution < -0.4 is 4.90 Å². The number of halogens is 1. The zero-order valence-corrected chi connectivity index (χ0v) is 17.5. The Kier molecular flexibility index (Phi) is 5.61. The van der Waals surface area contributed by atoms with Crippen molar-refractivity contribution in [2.24, 2.45) is 0 Å². The number of nitrogens with zero attached hydrogens (tertiary/aromatic N) is 3. The molecule has 0 amide bonds. The Morgan fingerprint density at radius 3 is 1.47 bits per heavy atom. The van der Waals surface area contributed by atoms with Gasteiger partial charge in [0.2, 0.25) is 0 Å². The lowest BCUT2D eigenvalue weighted by molar-refractivity contribution is 1.28. The number of benzene rings is 4. The van der Waals surface area contributed by atoms with E-state index in [-0.39, 0.29) is 0 Å². The Bertz CT molecular complexity index is 1190. The fourth-order valence-corrected chi connectivity index (χ4v) is 3.69. The van der Waals surface area contributed by atoms with Gasteiger partial charge in [0.1, 0.15) is 0 Å². The van der Waals surface area contributed by atoms with E-state index in [2.05, 4.69) is 69.4 Å². The summed E-state index contributed by atoms with van der Waals surface area (Å²) in [5.74, 6) is 0. The molecule has 0 N–H and O–H groups in total. The topological polar surface area (TPSA) is 50.8 Å². The van der Waals surface area contributed by atoms with Crippen molar-refractivity contribution in [2.45, 2.75) is 0 Å². The molecule has 0 heterocycles. The first-order chi connectivity index (χ1) is 14.7. The molecular weight excluding hydrogens is 434 g/mol. The van der Waals surface area contributed by atoms with Gasteiger partial charge in [-0.1, -0.05) is 40.2 Å². The van der Waals surface area contributed by atoms with E-state index in [0.29, 0.717) is 11.1 Å². The summed E-state index contributed by atoms with van der Waals surface area (Å²) in [4.78, 5) is 2.10. The lowest BCUT2D eigenvalue weighted by Gasteiger charge is -2.25. The van der Waals surface area contributed by atoms with E-state index < -0.39 is 0 Å². The molecule has 4 heteroatoms. The van der Waals surface area contributed by atoms with Crippen LogP contribution in [0.15, 0.2) is 102 Å². The van der Waals surface area contributed by atoms with Crippen molar-refractivity contribution < 1.29 is 0 Å². The summed E-state index contributed by atoms with van der Waals surface area (Å²) in [6.07, 6.45) is 0. The third-order valence-corrected chi connectivity index (χ3v) is 5.29. The molecule has 30 heavy (non-hydrogen) atoms. The first kappa shape index (κ1) is 19.5. The van der Waals surface area contributed by atoms with Gasteiger partial charge in [0.05, 0.1) is 23.3 Å². The van der Waals surface area contributed by atoms with Crippen molar-refractivity contribution in [3.05, 3.63) is 113 Å². The third kappa shape index (κ3) is 4.10. The van der Waals surface area contributed by atoms with Crippen LogP contribution in [-0.2, 0) is 0 Å². The van der Waals surface area contributed by atoms with Crippen LogP contribution in [0.1, 0.15) is 11.1 Å². The van der Waals surface area contributed by atoms with Gasteiger partial charge in [0, 0.05) is 21.5 Å². The average molecular weight is 450 g/mol. The number of nitriles is 2. The van der Waals surface area contributed by atoms with Crippen LogP contribution in [0, 0.1) is 22.7 Å². The number of anilines is 3. The Balaban J connectivity index is 1.76. The van der Waals surface area contributed by atoms with Gasteiger partial charge in [0.15, 0.2) is 0 Å². The minimum Gasteiger partial charge on any atom is -0.311 e. The maximum atomic E-state index is 9.12. The molecule has 0 fully saturated rings. The summed E-state index contributed by atoms with van der Waals surface area (Å²) >= 11 is 3.53. The maximum absolute atomic E-state index is 9.12. The average Bonchev–Trinajstić information content (AvgIpc) is 2.81. The van der Waals surface area contributed by atoms with Gasteiger partial charge >= 0.3 is 0 Å². The number of hydrogen-bond donors (Lipinski definition) is 0. The number of rotatable bonds is 4. The number of hydrogen-bond acceptors (Lipinski definition) is 3. The highest BCUT2D eigenvalue weighted by Crippen LogP contribution is 2.36. The van der Waals surface area contributed by atoms with Gasteiger partial charge in [-0.15, -0.1) is 0 Å². The first-order valence-corrected chi connectivity index (χ1v) is 10.1. The molecule has 4 aromatic carbocycles. The Hall–Kier alpha value is -3.86. The molecule has 4 rings (SSSR count). The lowest BCUT2D eigenvalue weighted by Crippen LogP contribution is -2.09. The second kappa shape index (κ2) is 8.66. The van der Waals surface area contributed by atoms with Gasteiger partial charge in [-0.25, -0.2) is 0 Å². The molecule has 142 valence electrons. The quantitative estimate of drug-likeness (QED) is 0.327. The summed E-state index contributed by atoms with van der Waals surface area (Å²) < 4.78 is 1.04. The predicted octanol–water partition coefficient (Wildman–Crippen LogP) is 7.33. The normalized spacial score (nSPS) is 10.1. The van der Waals surface area contributed by atoms with Crippen molar-refractivity contribution in [1.29, 1.82) is 10.5 Å². The van der Waals surface area contributed by atoms with Crippen molar-refractivity contribution in [3.63, 3.8) is 0 Å². The van der Waals surface area contributed by atoms with Gasteiger partial charge in [-0.3, -0.25) is 0 Å². The van der Waals surface area contributed by atoms with E-state index in [9.17, 15) is 0 Å². The first-order valence-electron chi connectivity index (χ1n) is 9.34. The van der Waals surface area contributed by atoms with E-state index in [0.717, 1.165) is 32.7 Å². The van der Waals surface area contributed by atoms with Crippen LogP contribution in [0.25, 0.3) is 11.1 Å². The molecule has 0 saturated carbocycles. The Labute approximate surface area is 184 Å². The van der Waals surface area contributed by atoms with Gasteiger partial charge in [-0.2, -0.15) is 10.5 Å². The highest BCUT2D eigenvalue weighted by molar-refractivity contribution is 9.10. The van der Waals surface area contributed by atoms with Gasteiger partial charge < -0.3 is 4.90 Å². The third-order valence-electron chi connectivity index (χ3n) is 4.79. The summed E-state index contributed by atoms with van der Waals surface area (Å²) in [7, 11) is 0. The predicted molar refractivity (Wildman–Crippen MR) is 124 cm³/mol. The monoisotopic (exact) mass is 449 g/mol. The highest BCUT2D eigenvalue weighted by Gasteiger charge is 2.13. The van der Waals surface area contributed by atoms with Crippen LogP contribution in [0.2, 0.25) is 0 Å². The smallest absolute Gasteiger partial charge is 0.0991 e. The van der Waals surface area contributed by atoms with Crippen molar-refractivity contribution in [3.8, 4) is 23.3 Å². The molecule has 0 unspecified atom stereocenters. The molecule has 4 aromatic rings. The van der Waals surface area contributed by atoms with Crippen molar-refractivity contribution in [2.75, 3.05) is 4.90 Å². The van der Waals surface area contributed by atoms with E-state index >= 15 is 0 Å². The molecule has 0 spiro atoms. The highest BCUT2D eigenvalue weighted by atomic mass is 79.9. The van der Waals surface area contributed by atoms with Crippen molar-refractivity contribution in [1.82, 2.24) is 0 Å². The van der Waals surface area contributed by atoms with Gasteiger partial charge in [-0.05, 0) is 83.9 Å². The second-order valence-corrected chi connectivity index (χ2v) is 7.63. The molecule has 3 nitrogen and oxygen atoms in total. The van der Waals surface area contributed by atoms with E-state index in [1.54, 1.807) is 0 Å². The SMILES string of the molecule is N#Cc1ccc(N(c2ccc(C#N)cc2)c2ccc(-c3cccc(Br)c3)cc2)cc1. The Morgan fingerprint density at radius 1 is 0.567 bits per heavy atom. The van der Waals surface area contributed by atoms with Crippen LogP contribution in [0.3, 0.4) is 0 Å². The van der Waals surface area contributed by atoms with E-state index in [4.69, 9.17) is 10.5 Å².